The molecule has 188 valence electrons. The summed E-state index contributed by atoms with van der Waals surface area (Å²) in [6.07, 6.45) is 0. The number of aromatic nitrogens is 5. The molecule has 1 N–H and O–H groups in total. The van der Waals surface area contributed by atoms with Crippen LogP contribution in [0.2, 0.25) is 0 Å². The van der Waals surface area contributed by atoms with Crippen molar-refractivity contribution in [2.75, 3.05) is 27.4 Å². The molecule has 0 aliphatic rings. The molecule has 37 heavy (non-hydrogen) atoms. The molecule has 0 saturated carbocycles. The Kier molecular flexibility index (Phi) is 6.95. The summed E-state index contributed by atoms with van der Waals surface area (Å²) in [7, 11) is 3.16. The first-order chi connectivity index (χ1) is 18.1. The van der Waals surface area contributed by atoms with Gasteiger partial charge in [-0.2, -0.15) is 4.52 Å². The minimum Gasteiger partial charge on any atom is -0.493 e. The highest BCUT2D eigenvalue weighted by Crippen LogP contribution is 2.32. The molecule has 0 spiro atoms. The van der Waals surface area contributed by atoms with Crippen LogP contribution < -0.4 is 19.5 Å². The lowest BCUT2D eigenvalue weighted by molar-refractivity contribution is 0.0949. The number of ether oxygens (including phenoxy) is 3. The molecule has 2 aromatic carbocycles. The predicted molar refractivity (Wildman–Crippen MR) is 139 cm³/mol. The first kappa shape index (κ1) is 24.2. The molecule has 0 radical (unpaired) electrons. The zero-order valence-corrected chi connectivity index (χ0v) is 21.3. The summed E-state index contributed by atoms with van der Waals surface area (Å²) in [6, 6.07) is 18.7. The van der Waals surface area contributed by atoms with Gasteiger partial charge in [0.2, 0.25) is 5.88 Å². The summed E-state index contributed by atoms with van der Waals surface area (Å²) in [5.74, 6) is 1.92. The van der Waals surface area contributed by atoms with Gasteiger partial charge in [0.25, 0.3) is 5.91 Å². The van der Waals surface area contributed by atoms with Gasteiger partial charge in [-0.25, -0.2) is 4.98 Å². The normalized spacial score (nSPS) is 10.9. The van der Waals surface area contributed by atoms with E-state index in [9.17, 15) is 4.79 Å². The van der Waals surface area contributed by atoms with Crippen molar-refractivity contribution < 1.29 is 19.0 Å². The quantitative estimate of drug-likeness (QED) is 0.292. The lowest BCUT2D eigenvalue weighted by Crippen LogP contribution is -2.28. The van der Waals surface area contributed by atoms with Crippen molar-refractivity contribution in [3.8, 4) is 39.3 Å². The summed E-state index contributed by atoms with van der Waals surface area (Å²) < 4.78 is 18.1. The van der Waals surface area contributed by atoms with E-state index in [0.29, 0.717) is 46.0 Å². The number of nitrogens with zero attached hydrogens (tertiary/aromatic N) is 5. The van der Waals surface area contributed by atoms with Gasteiger partial charge in [-0.1, -0.05) is 30.3 Å². The van der Waals surface area contributed by atoms with Crippen LogP contribution in [0.1, 0.15) is 15.4 Å². The zero-order valence-electron chi connectivity index (χ0n) is 20.5. The number of carbonyl (C=O) groups excluding carboxylic acids is 1. The molecule has 5 aromatic rings. The lowest BCUT2D eigenvalue weighted by Gasteiger charge is -2.09. The molecule has 0 aliphatic carbocycles. The van der Waals surface area contributed by atoms with Gasteiger partial charge in [0.1, 0.15) is 16.5 Å². The first-order valence-electron chi connectivity index (χ1n) is 11.5. The van der Waals surface area contributed by atoms with E-state index in [-0.39, 0.29) is 12.5 Å². The van der Waals surface area contributed by atoms with Gasteiger partial charge >= 0.3 is 0 Å². The number of fused-ring (bicyclic) bond motifs is 1. The highest BCUT2D eigenvalue weighted by molar-refractivity contribution is 7.17. The maximum atomic E-state index is 12.7. The van der Waals surface area contributed by atoms with Crippen LogP contribution in [0.25, 0.3) is 27.6 Å². The Balaban J connectivity index is 1.23. The molecule has 0 bridgehead atoms. The van der Waals surface area contributed by atoms with Crippen LogP contribution in [-0.2, 0) is 0 Å². The van der Waals surface area contributed by atoms with E-state index >= 15 is 0 Å². The minimum absolute atomic E-state index is 0.182. The van der Waals surface area contributed by atoms with E-state index < -0.39 is 0 Å². The molecule has 10 nitrogen and oxygen atoms in total. The van der Waals surface area contributed by atoms with Crippen molar-refractivity contribution in [1.82, 2.24) is 30.1 Å². The van der Waals surface area contributed by atoms with Crippen molar-refractivity contribution in [2.45, 2.75) is 6.92 Å². The van der Waals surface area contributed by atoms with E-state index in [1.807, 2.05) is 49.4 Å². The van der Waals surface area contributed by atoms with Gasteiger partial charge in [0.05, 0.1) is 26.5 Å². The molecule has 3 heterocycles. The maximum absolute atomic E-state index is 12.7. The number of benzene rings is 2. The highest BCUT2D eigenvalue weighted by atomic mass is 32.1. The fraction of sp³-hybridized carbons (Fsp3) is 0.192. The van der Waals surface area contributed by atoms with E-state index in [0.717, 1.165) is 16.1 Å². The Hall–Kier alpha value is -4.51. The number of thiazole rings is 1. The van der Waals surface area contributed by atoms with E-state index in [2.05, 4.69) is 25.6 Å². The van der Waals surface area contributed by atoms with E-state index in [1.165, 1.54) is 11.3 Å². The number of methoxy groups -OCH3 is 2. The third kappa shape index (κ3) is 5.07. The molecule has 0 saturated heterocycles. The van der Waals surface area contributed by atoms with E-state index in [1.54, 1.807) is 36.9 Å². The third-order valence-electron chi connectivity index (χ3n) is 5.54. The van der Waals surface area contributed by atoms with Crippen LogP contribution in [0, 0.1) is 6.92 Å². The molecule has 0 unspecified atom stereocenters. The van der Waals surface area contributed by atoms with E-state index in [4.69, 9.17) is 14.2 Å². The van der Waals surface area contributed by atoms with Gasteiger partial charge in [0.15, 0.2) is 23.0 Å². The summed E-state index contributed by atoms with van der Waals surface area (Å²) in [4.78, 5) is 17.8. The van der Waals surface area contributed by atoms with Gasteiger partial charge in [0, 0.05) is 17.2 Å². The fourth-order valence-corrected chi connectivity index (χ4v) is 4.70. The molecule has 3 aromatic heterocycles. The van der Waals surface area contributed by atoms with Gasteiger partial charge < -0.3 is 19.5 Å². The summed E-state index contributed by atoms with van der Waals surface area (Å²) >= 11 is 1.37. The molecule has 0 fully saturated rings. The topological polar surface area (TPSA) is 113 Å². The number of hydrogen-bond donors (Lipinski definition) is 1. The fourth-order valence-electron chi connectivity index (χ4n) is 3.72. The smallest absolute Gasteiger partial charge is 0.263 e. The molecule has 0 atom stereocenters. The minimum atomic E-state index is -0.182. The monoisotopic (exact) mass is 516 g/mol. The SMILES string of the molecule is COc1ccc(-c2nnc3ccc(OCCNC(=O)c4sc(-c5ccccc5)nc4C)nn23)cc1OC. The summed E-state index contributed by atoms with van der Waals surface area (Å²) in [5, 5.41) is 16.7. The number of nitrogens with one attached hydrogen (secondary N) is 1. The zero-order chi connectivity index (χ0) is 25.8. The molecule has 5 rings (SSSR count). The third-order valence-corrected chi connectivity index (χ3v) is 6.75. The van der Waals surface area contributed by atoms with Crippen molar-refractivity contribution in [3.05, 3.63) is 71.2 Å². The van der Waals surface area contributed by atoms with Gasteiger partial charge in [-0.15, -0.1) is 26.6 Å². The highest BCUT2D eigenvalue weighted by Gasteiger charge is 2.16. The van der Waals surface area contributed by atoms with Crippen LogP contribution in [-0.4, -0.2) is 58.1 Å². The molecular formula is C26H24N6O4S. The number of carbonyl (C=O) groups is 1. The van der Waals surface area contributed by atoms with Crippen LogP contribution in [0.5, 0.6) is 17.4 Å². The summed E-state index contributed by atoms with van der Waals surface area (Å²) in [5.41, 5.74) is 3.02. The van der Waals surface area contributed by atoms with Gasteiger partial charge in [-0.05, 0) is 31.2 Å². The average Bonchev–Trinajstić information content (AvgIpc) is 3.54. The molecular weight excluding hydrogens is 492 g/mol. The Morgan fingerprint density at radius 1 is 0.973 bits per heavy atom. The van der Waals surface area contributed by atoms with Crippen molar-refractivity contribution >= 4 is 22.9 Å². The van der Waals surface area contributed by atoms with Gasteiger partial charge in [-0.3, -0.25) is 4.79 Å². The van der Waals surface area contributed by atoms with Crippen molar-refractivity contribution in [1.29, 1.82) is 0 Å². The molecule has 1 amide bonds. The Labute approximate surface area is 216 Å². The number of hydrogen-bond acceptors (Lipinski definition) is 9. The number of amides is 1. The number of aryl methyl sites for hydroxylation is 1. The van der Waals surface area contributed by atoms with Crippen molar-refractivity contribution in [3.63, 3.8) is 0 Å². The largest absolute Gasteiger partial charge is 0.493 e. The average molecular weight is 517 g/mol. The van der Waals surface area contributed by atoms with Crippen molar-refractivity contribution in [2.24, 2.45) is 0 Å². The Bertz CT molecular complexity index is 1550. The van der Waals surface area contributed by atoms with Crippen LogP contribution in [0.15, 0.2) is 60.7 Å². The second-order valence-electron chi connectivity index (χ2n) is 7.94. The van der Waals surface area contributed by atoms with Crippen LogP contribution in [0.3, 0.4) is 0 Å². The Morgan fingerprint density at radius 3 is 2.57 bits per heavy atom. The second-order valence-corrected chi connectivity index (χ2v) is 8.94. The predicted octanol–water partition coefficient (Wildman–Crippen LogP) is 4.05. The Morgan fingerprint density at radius 2 is 1.78 bits per heavy atom. The second kappa shape index (κ2) is 10.6. The first-order valence-corrected chi connectivity index (χ1v) is 12.3. The van der Waals surface area contributed by atoms with Crippen LogP contribution in [0.4, 0.5) is 0 Å². The molecule has 11 heteroatoms. The number of rotatable bonds is 9. The lowest BCUT2D eigenvalue weighted by atomic mass is 10.2. The van der Waals surface area contributed by atoms with Crippen LogP contribution >= 0.6 is 11.3 Å². The standard InChI is InChI=1S/C26H24N6O4S/c1-16-23(37-26(28-16)17-7-5-4-6-8-17)25(33)27-13-14-36-22-12-11-21-29-30-24(32(21)31-22)18-9-10-19(34-2)20(15-18)35-3/h4-12,15H,13-14H2,1-3H3,(H,27,33). The summed E-state index contributed by atoms with van der Waals surface area (Å²) in [6.45, 7) is 2.38. The maximum Gasteiger partial charge on any atom is 0.263 e. The molecule has 0 aliphatic heterocycles.